The van der Waals surface area contributed by atoms with Crippen LogP contribution in [0.25, 0.3) is 11.3 Å². The van der Waals surface area contributed by atoms with Crippen molar-refractivity contribution in [2.24, 2.45) is 0 Å². The van der Waals surface area contributed by atoms with Crippen LogP contribution < -0.4 is 5.32 Å². The number of carbonyl (C=O) groups is 2. The molecule has 0 atom stereocenters. The molecule has 0 radical (unpaired) electrons. The van der Waals surface area contributed by atoms with E-state index in [-0.39, 0.29) is 43.6 Å². The summed E-state index contributed by atoms with van der Waals surface area (Å²) in [6.45, 7) is 2.86. The molecular formula is C23H23BrN4O5S2. The smallest absolute Gasteiger partial charge is 0.409 e. The van der Waals surface area contributed by atoms with Crippen LogP contribution in [0.1, 0.15) is 17.3 Å². The second kappa shape index (κ2) is 10.9. The van der Waals surface area contributed by atoms with Crippen LogP contribution in [-0.2, 0) is 14.8 Å². The van der Waals surface area contributed by atoms with Gasteiger partial charge in [-0.3, -0.25) is 10.1 Å². The van der Waals surface area contributed by atoms with E-state index in [0.29, 0.717) is 10.7 Å². The number of piperazine rings is 1. The monoisotopic (exact) mass is 578 g/mol. The van der Waals surface area contributed by atoms with Gasteiger partial charge in [0, 0.05) is 47.2 Å². The number of hydrogen-bond acceptors (Lipinski definition) is 7. The van der Waals surface area contributed by atoms with Crippen LogP contribution in [0.3, 0.4) is 0 Å². The van der Waals surface area contributed by atoms with Gasteiger partial charge in [0.25, 0.3) is 5.91 Å². The number of carbonyl (C=O) groups excluding carboxylic acids is 2. The Morgan fingerprint density at radius 3 is 2.34 bits per heavy atom. The Morgan fingerprint density at radius 2 is 1.71 bits per heavy atom. The third-order valence-corrected chi connectivity index (χ3v) is 8.58. The first-order valence-electron chi connectivity index (χ1n) is 10.8. The number of anilines is 1. The molecule has 12 heteroatoms. The molecular weight excluding hydrogens is 556 g/mol. The van der Waals surface area contributed by atoms with Crippen molar-refractivity contribution in [2.75, 3.05) is 38.1 Å². The summed E-state index contributed by atoms with van der Waals surface area (Å²) in [6.07, 6.45) is -0.441. The number of benzene rings is 2. The zero-order valence-electron chi connectivity index (χ0n) is 18.8. The van der Waals surface area contributed by atoms with E-state index in [2.05, 4.69) is 26.2 Å². The lowest BCUT2D eigenvalue weighted by Gasteiger charge is -2.33. The zero-order valence-corrected chi connectivity index (χ0v) is 22.0. The van der Waals surface area contributed by atoms with Crippen LogP contribution >= 0.6 is 27.3 Å². The van der Waals surface area contributed by atoms with Crippen LogP contribution in [0.15, 0.2) is 63.3 Å². The average Bonchev–Trinajstić information content (AvgIpc) is 3.33. The maximum atomic E-state index is 13.0. The summed E-state index contributed by atoms with van der Waals surface area (Å²) in [6, 6.07) is 13.5. The lowest BCUT2D eigenvalue weighted by Crippen LogP contribution is -2.50. The fraction of sp³-hybridized carbons (Fsp3) is 0.261. The Balaban J connectivity index is 1.38. The van der Waals surface area contributed by atoms with Crippen LogP contribution in [0.4, 0.5) is 9.93 Å². The number of aromatic nitrogens is 1. The van der Waals surface area contributed by atoms with E-state index >= 15 is 0 Å². The number of rotatable bonds is 6. The highest BCUT2D eigenvalue weighted by atomic mass is 79.9. The number of nitrogens with one attached hydrogen (secondary N) is 1. The minimum Gasteiger partial charge on any atom is -0.450 e. The van der Waals surface area contributed by atoms with Crippen molar-refractivity contribution in [3.8, 4) is 11.3 Å². The molecule has 1 fully saturated rings. The van der Waals surface area contributed by atoms with Crippen LogP contribution in [0.2, 0.25) is 0 Å². The molecule has 0 aliphatic carbocycles. The first-order valence-corrected chi connectivity index (χ1v) is 13.9. The van der Waals surface area contributed by atoms with Crippen LogP contribution in [-0.4, -0.2) is 67.4 Å². The Bertz CT molecular complexity index is 1300. The second-order valence-corrected chi connectivity index (χ2v) is 11.3. The maximum Gasteiger partial charge on any atom is 0.409 e. The van der Waals surface area contributed by atoms with E-state index in [1.165, 1.54) is 44.8 Å². The molecule has 0 unspecified atom stereocenters. The Kier molecular flexibility index (Phi) is 7.85. The van der Waals surface area contributed by atoms with E-state index in [1.807, 2.05) is 29.6 Å². The SMILES string of the molecule is CCOC(=O)N1CCN(S(=O)(=O)c2ccc(C(=O)Nc3nc(-c4ccc(Br)cc4)cs3)cc2)CC1. The summed E-state index contributed by atoms with van der Waals surface area (Å²) in [5.74, 6) is -0.381. The fourth-order valence-electron chi connectivity index (χ4n) is 3.51. The Hall–Kier alpha value is -2.80. The van der Waals surface area contributed by atoms with Gasteiger partial charge in [-0.1, -0.05) is 28.1 Å². The lowest BCUT2D eigenvalue weighted by molar-refractivity contribution is 0.0933. The molecule has 2 aromatic carbocycles. The molecule has 0 bridgehead atoms. The first-order chi connectivity index (χ1) is 16.8. The normalized spacial score (nSPS) is 14.5. The predicted octanol–water partition coefficient (Wildman–Crippen LogP) is 4.29. The van der Waals surface area contributed by atoms with Gasteiger partial charge in [0.15, 0.2) is 5.13 Å². The molecule has 1 aliphatic rings. The van der Waals surface area contributed by atoms with Gasteiger partial charge in [-0.05, 0) is 43.3 Å². The molecule has 0 spiro atoms. The van der Waals surface area contributed by atoms with E-state index in [9.17, 15) is 18.0 Å². The van der Waals surface area contributed by atoms with Gasteiger partial charge in [-0.25, -0.2) is 18.2 Å². The third-order valence-electron chi connectivity index (χ3n) is 5.38. The van der Waals surface area contributed by atoms with E-state index in [1.54, 1.807) is 6.92 Å². The third kappa shape index (κ3) is 5.89. The van der Waals surface area contributed by atoms with Crippen molar-refractivity contribution in [3.63, 3.8) is 0 Å². The maximum absolute atomic E-state index is 13.0. The van der Waals surface area contributed by atoms with Crippen molar-refractivity contribution in [2.45, 2.75) is 11.8 Å². The number of ether oxygens (including phenoxy) is 1. The molecule has 1 aromatic heterocycles. The number of sulfonamides is 1. The molecule has 9 nitrogen and oxygen atoms in total. The zero-order chi connectivity index (χ0) is 25.0. The number of nitrogens with zero attached hydrogens (tertiary/aromatic N) is 3. The minimum atomic E-state index is -3.75. The minimum absolute atomic E-state index is 0.0883. The molecule has 2 amide bonds. The molecule has 4 rings (SSSR count). The summed E-state index contributed by atoms with van der Waals surface area (Å²) in [5.41, 5.74) is 2.00. The predicted molar refractivity (Wildman–Crippen MR) is 137 cm³/mol. The number of hydrogen-bond donors (Lipinski definition) is 1. The quantitative estimate of drug-likeness (QED) is 0.467. The van der Waals surface area contributed by atoms with Crippen molar-refractivity contribution >= 4 is 54.4 Å². The number of thiazole rings is 1. The van der Waals surface area contributed by atoms with Crippen LogP contribution in [0, 0.1) is 0 Å². The highest BCUT2D eigenvalue weighted by molar-refractivity contribution is 9.10. The lowest BCUT2D eigenvalue weighted by atomic mass is 10.2. The standard InChI is InChI=1S/C23H23BrN4O5S2/c1-2-33-23(30)27-11-13-28(14-12-27)35(31,32)19-9-5-17(6-10-19)21(29)26-22-25-20(15-34-22)16-3-7-18(24)8-4-16/h3-10,15H,2,11-14H2,1H3,(H,25,26,29). The first kappa shape index (κ1) is 25.3. The van der Waals surface area contributed by atoms with Gasteiger partial charge in [-0.2, -0.15) is 4.31 Å². The molecule has 1 saturated heterocycles. The largest absolute Gasteiger partial charge is 0.450 e. The topological polar surface area (TPSA) is 109 Å². The Labute approximate surface area is 215 Å². The van der Waals surface area contributed by atoms with E-state index in [4.69, 9.17) is 4.74 Å². The van der Waals surface area contributed by atoms with Crippen molar-refractivity contribution < 1.29 is 22.7 Å². The van der Waals surface area contributed by atoms with Gasteiger partial charge < -0.3 is 9.64 Å². The van der Waals surface area contributed by atoms with Gasteiger partial charge in [0.1, 0.15) is 0 Å². The summed E-state index contributed by atoms with van der Waals surface area (Å²) in [7, 11) is -3.75. The highest BCUT2D eigenvalue weighted by Crippen LogP contribution is 2.26. The van der Waals surface area contributed by atoms with E-state index < -0.39 is 16.1 Å². The average molecular weight is 579 g/mol. The summed E-state index contributed by atoms with van der Waals surface area (Å²) < 4.78 is 33.3. The number of amides is 2. The summed E-state index contributed by atoms with van der Waals surface area (Å²) in [4.78, 5) is 30.5. The fourth-order valence-corrected chi connectivity index (χ4v) is 5.91. The van der Waals surface area contributed by atoms with Gasteiger partial charge in [-0.15, -0.1) is 11.3 Å². The number of halogens is 1. The Morgan fingerprint density at radius 1 is 1.06 bits per heavy atom. The molecule has 184 valence electrons. The van der Waals surface area contributed by atoms with Crippen molar-refractivity contribution in [1.82, 2.24) is 14.2 Å². The van der Waals surface area contributed by atoms with Crippen molar-refractivity contribution in [3.05, 3.63) is 63.9 Å². The van der Waals surface area contributed by atoms with Crippen LogP contribution in [0.5, 0.6) is 0 Å². The molecule has 1 aliphatic heterocycles. The summed E-state index contributed by atoms with van der Waals surface area (Å²) >= 11 is 4.71. The van der Waals surface area contributed by atoms with Gasteiger partial charge in [0.05, 0.1) is 17.2 Å². The van der Waals surface area contributed by atoms with Gasteiger partial charge >= 0.3 is 6.09 Å². The molecule has 3 aromatic rings. The van der Waals surface area contributed by atoms with Gasteiger partial charge in [0.2, 0.25) is 10.0 Å². The summed E-state index contributed by atoms with van der Waals surface area (Å²) in [5, 5.41) is 5.06. The highest BCUT2D eigenvalue weighted by Gasteiger charge is 2.30. The molecule has 0 saturated carbocycles. The van der Waals surface area contributed by atoms with Crippen molar-refractivity contribution in [1.29, 1.82) is 0 Å². The molecule has 35 heavy (non-hydrogen) atoms. The second-order valence-electron chi connectivity index (χ2n) is 7.61. The molecule has 2 heterocycles. The molecule has 1 N–H and O–H groups in total. The van der Waals surface area contributed by atoms with E-state index in [0.717, 1.165) is 15.7 Å².